The first kappa shape index (κ1) is 12.3. The van der Waals surface area contributed by atoms with Crippen LogP contribution in [0.3, 0.4) is 0 Å². The van der Waals surface area contributed by atoms with E-state index in [1.165, 1.54) is 11.8 Å². The molecule has 0 saturated carbocycles. The number of rotatable bonds is 4. The van der Waals surface area contributed by atoms with Crippen LogP contribution < -0.4 is 0 Å². The lowest BCUT2D eigenvalue weighted by Crippen LogP contribution is -1.99. The molecule has 1 heterocycles. The molecule has 0 aliphatic heterocycles. The number of nitrogens with zero attached hydrogens (tertiary/aromatic N) is 1. The quantitative estimate of drug-likeness (QED) is 0.632. The molecule has 0 amide bonds. The molecule has 0 aliphatic carbocycles. The van der Waals surface area contributed by atoms with Crippen LogP contribution in [-0.2, 0) is 9.05 Å². The standard InChI is InChI=1S/C7H7BrClNO2S2/c8-6-2-1-3-10-7(6)13-4-5-14(9,11)12/h1-3H,4-5H2. The first-order valence-electron chi connectivity index (χ1n) is 3.65. The number of hydrogen-bond acceptors (Lipinski definition) is 4. The Morgan fingerprint density at radius 3 is 2.86 bits per heavy atom. The van der Waals surface area contributed by atoms with Crippen molar-refractivity contribution in [3.05, 3.63) is 22.8 Å². The van der Waals surface area contributed by atoms with Gasteiger partial charge < -0.3 is 0 Å². The second-order valence-corrected chi connectivity index (χ2v) is 7.22. The van der Waals surface area contributed by atoms with Gasteiger partial charge in [0, 0.05) is 27.1 Å². The van der Waals surface area contributed by atoms with E-state index >= 15 is 0 Å². The zero-order valence-corrected chi connectivity index (χ0v) is 11.0. The van der Waals surface area contributed by atoms with E-state index in [-0.39, 0.29) is 5.75 Å². The Morgan fingerprint density at radius 2 is 2.29 bits per heavy atom. The smallest absolute Gasteiger partial charge is 0.233 e. The Bertz CT molecular complexity index is 410. The van der Waals surface area contributed by atoms with E-state index in [2.05, 4.69) is 20.9 Å². The van der Waals surface area contributed by atoms with Crippen molar-refractivity contribution < 1.29 is 8.42 Å². The molecule has 1 aromatic rings. The van der Waals surface area contributed by atoms with Gasteiger partial charge in [0.15, 0.2) is 0 Å². The van der Waals surface area contributed by atoms with Gasteiger partial charge >= 0.3 is 0 Å². The molecular weight excluding hydrogens is 310 g/mol. The summed E-state index contributed by atoms with van der Waals surface area (Å²) in [5.41, 5.74) is 0. The Kier molecular flexibility index (Phi) is 4.69. The molecule has 78 valence electrons. The molecule has 0 bridgehead atoms. The van der Waals surface area contributed by atoms with Crippen LogP contribution in [0.1, 0.15) is 0 Å². The third-order valence-electron chi connectivity index (χ3n) is 1.29. The second-order valence-electron chi connectivity index (χ2n) is 2.38. The summed E-state index contributed by atoms with van der Waals surface area (Å²) in [6.07, 6.45) is 1.66. The monoisotopic (exact) mass is 315 g/mol. The predicted octanol–water partition coefficient (Wildman–Crippen LogP) is 2.50. The summed E-state index contributed by atoms with van der Waals surface area (Å²) in [6, 6.07) is 3.65. The van der Waals surface area contributed by atoms with Gasteiger partial charge in [-0.15, -0.1) is 11.8 Å². The summed E-state index contributed by atoms with van der Waals surface area (Å²) >= 11 is 4.66. The lowest BCUT2D eigenvalue weighted by molar-refractivity contribution is 0.611. The van der Waals surface area contributed by atoms with E-state index in [9.17, 15) is 8.42 Å². The summed E-state index contributed by atoms with van der Waals surface area (Å²) in [5, 5.41) is 0.771. The number of thioether (sulfide) groups is 1. The first-order valence-corrected chi connectivity index (χ1v) is 7.90. The minimum absolute atomic E-state index is 0.0533. The summed E-state index contributed by atoms with van der Waals surface area (Å²) in [5.74, 6) is 0.351. The van der Waals surface area contributed by atoms with Crippen molar-refractivity contribution in [2.45, 2.75) is 5.03 Å². The van der Waals surface area contributed by atoms with Gasteiger partial charge in [-0.2, -0.15) is 0 Å². The molecule has 0 aromatic carbocycles. The molecular formula is C7H7BrClNO2S2. The van der Waals surface area contributed by atoms with Crippen LogP contribution in [0.15, 0.2) is 27.8 Å². The average Bonchev–Trinajstić information content (AvgIpc) is 2.06. The van der Waals surface area contributed by atoms with Gasteiger partial charge in [0.1, 0.15) is 5.03 Å². The van der Waals surface area contributed by atoms with Gasteiger partial charge in [0.05, 0.1) is 5.75 Å². The van der Waals surface area contributed by atoms with Crippen molar-refractivity contribution in [2.75, 3.05) is 11.5 Å². The molecule has 0 aliphatic rings. The third-order valence-corrected chi connectivity index (χ3v) is 4.61. The molecule has 0 radical (unpaired) electrons. The molecule has 1 rings (SSSR count). The SMILES string of the molecule is O=S(=O)(Cl)CCSc1ncccc1Br. The van der Waals surface area contributed by atoms with Crippen molar-refractivity contribution in [1.82, 2.24) is 4.98 Å². The largest absolute Gasteiger partial charge is 0.249 e. The highest BCUT2D eigenvalue weighted by molar-refractivity contribution is 9.10. The van der Waals surface area contributed by atoms with E-state index in [0.717, 1.165) is 9.50 Å². The Hall–Kier alpha value is 0.220. The molecule has 0 spiro atoms. The van der Waals surface area contributed by atoms with E-state index in [1.807, 2.05) is 6.07 Å². The summed E-state index contributed by atoms with van der Waals surface area (Å²) in [7, 11) is 1.67. The lowest BCUT2D eigenvalue weighted by Gasteiger charge is -2.00. The zero-order valence-electron chi connectivity index (χ0n) is 6.98. The molecule has 0 unspecified atom stereocenters. The van der Waals surface area contributed by atoms with Gasteiger partial charge in [-0.05, 0) is 28.1 Å². The molecule has 7 heteroatoms. The maximum Gasteiger partial charge on any atom is 0.233 e. The third kappa shape index (κ3) is 4.63. The Balaban J connectivity index is 2.51. The maximum atomic E-state index is 10.6. The van der Waals surface area contributed by atoms with E-state index in [1.54, 1.807) is 12.3 Å². The van der Waals surface area contributed by atoms with Gasteiger partial charge in [-0.3, -0.25) is 0 Å². The van der Waals surface area contributed by atoms with Crippen molar-refractivity contribution in [1.29, 1.82) is 0 Å². The van der Waals surface area contributed by atoms with Crippen molar-refractivity contribution >= 4 is 47.4 Å². The normalized spacial score (nSPS) is 11.6. The molecule has 0 saturated heterocycles. The van der Waals surface area contributed by atoms with Crippen LogP contribution in [-0.4, -0.2) is 24.9 Å². The van der Waals surface area contributed by atoms with Gasteiger partial charge in [-0.1, -0.05) is 0 Å². The Morgan fingerprint density at radius 1 is 1.57 bits per heavy atom. The first-order chi connectivity index (χ1) is 6.49. The number of aromatic nitrogens is 1. The number of pyridine rings is 1. The topological polar surface area (TPSA) is 47.0 Å². The summed E-state index contributed by atoms with van der Waals surface area (Å²) < 4.78 is 22.1. The highest BCUT2D eigenvalue weighted by Crippen LogP contribution is 2.24. The highest BCUT2D eigenvalue weighted by atomic mass is 79.9. The molecule has 0 N–H and O–H groups in total. The average molecular weight is 317 g/mol. The Labute approximate surface area is 99.8 Å². The van der Waals surface area contributed by atoms with Crippen molar-refractivity contribution in [3.8, 4) is 0 Å². The highest BCUT2D eigenvalue weighted by Gasteiger charge is 2.07. The van der Waals surface area contributed by atoms with Crippen LogP contribution in [0.5, 0.6) is 0 Å². The second kappa shape index (κ2) is 5.34. The predicted molar refractivity (Wildman–Crippen MR) is 62.3 cm³/mol. The van der Waals surface area contributed by atoms with Gasteiger partial charge in [0.25, 0.3) is 0 Å². The fourth-order valence-electron chi connectivity index (χ4n) is 0.715. The molecule has 3 nitrogen and oxygen atoms in total. The van der Waals surface area contributed by atoms with E-state index < -0.39 is 9.05 Å². The summed E-state index contributed by atoms with van der Waals surface area (Å²) in [6.45, 7) is 0. The summed E-state index contributed by atoms with van der Waals surface area (Å²) in [4.78, 5) is 4.08. The number of hydrogen-bond donors (Lipinski definition) is 0. The van der Waals surface area contributed by atoms with Crippen LogP contribution >= 0.6 is 38.4 Å². The fourth-order valence-corrected chi connectivity index (χ4v) is 3.54. The minimum atomic E-state index is -3.40. The van der Waals surface area contributed by atoms with Crippen LogP contribution in [0, 0.1) is 0 Å². The van der Waals surface area contributed by atoms with Crippen LogP contribution in [0.25, 0.3) is 0 Å². The maximum absolute atomic E-state index is 10.6. The lowest BCUT2D eigenvalue weighted by atomic mass is 10.5. The van der Waals surface area contributed by atoms with Crippen molar-refractivity contribution in [3.63, 3.8) is 0 Å². The molecule has 0 fully saturated rings. The molecule has 1 aromatic heterocycles. The van der Waals surface area contributed by atoms with E-state index in [4.69, 9.17) is 10.7 Å². The van der Waals surface area contributed by atoms with Gasteiger partial charge in [-0.25, -0.2) is 13.4 Å². The van der Waals surface area contributed by atoms with Gasteiger partial charge in [0.2, 0.25) is 9.05 Å². The van der Waals surface area contributed by atoms with E-state index in [0.29, 0.717) is 5.75 Å². The zero-order chi connectivity index (χ0) is 10.6. The number of halogens is 2. The van der Waals surface area contributed by atoms with Crippen LogP contribution in [0.4, 0.5) is 0 Å². The molecule has 14 heavy (non-hydrogen) atoms. The molecule has 0 atom stereocenters. The minimum Gasteiger partial charge on any atom is -0.249 e. The van der Waals surface area contributed by atoms with Crippen molar-refractivity contribution in [2.24, 2.45) is 0 Å². The fraction of sp³-hybridized carbons (Fsp3) is 0.286. The van der Waals surface area contributed by atoms with Crippen LogP contribution in [0.2, 0.25) is 0 Å².